The number of amides is 1. The molecule has 1 aromatic heterocycles. The first-order valence-corrected chi connectivity index (χ1v) is 9.38. The van der Waals surface area contributed by atoms with E-state index in [4.69, 9.17) is 23.2 Å². The zero-order chi connectivity index (χ0) is 18.2. The summed E-state index contributed by atoms with van der Waals surface area (Å²) < 4.78 is 0. The quantitative estimate of drug-likeness (QED) is 0.580. The Morgan fingerprint density at radius 3 is 2.32 bits per heavy atom. The summed E-state index contributed by atoms with van der Waals surface area (Å²) in [5.74, 6) is 0.831. The lowest BCUT2D eigenvalue weighted by Crippen LogP contribution is -2.15. The summed E-state index contributed by atoms with van der Waals surface area (Å²) in [5, 5.41) is 9.95. The molecule has 0 bridgehead atoms. The van der Waals surface area contributed by atoms with E-state index in [1.165, 1.54) is 11.8 Å². The van der Waals surface area contributed by atoms with Crippen molar-refractivity contribution in [3.05, 3.63) is 28.2 Å². The predicted octanol–water partition coefficient (Wildman–Crippen LogP) is 3.77. The first-order valence-electron chi connectivity index (χ1n) is 7.64. The van der Waals surface area contributed by atoms with E-state index in [1.54, 1.807) is 18.2 Å². The molecule has 25 heavy (non-hydrogen) atoms. The van der Waals surface area contributed by atoms with Gasteiger partial charge in [0.25, 0.3) is 0 Å². The highest BCUT2D eigenvalue weighted by Crippen LogP contribution is 2.29. The van der Waals surface area contributed by atoms with Gasteiger partial charge in [-0.2, -0.15) is 15.0 Å². The number of benzene rings is 1. The molecular formula is C15H18Cl2N6OS. The fourth-order valence-corrected chi connectivity index (χ4v) is 2.79. The normalized spacial score (nSPS) is 10.4. The largest absolute Gasteiger partial charge is 0.354 e. The number of halogens is 2. The molecule has 10 heteroatoms. The third kappa shape index (κ3) is 5.91. The van der Waals surface area contributed by atoms with Crippen LogP contribution in [0.15, 0.2) is 23.4 Å². The van der Waals surface area contributed by atoms with Crippen molar-refractivity contribution in [2.45, 2.75) is 19.0 Å². The predicted molar refractivity (Wildman–Crippen MR) is 104 cm³/mol. The van der Waals surface area contributed by atoms with Gasteiger partial charge in [0.05, 0.1) is 21.5 Å². The summed E-state index contributed by atoms with van der Waals surface area (Å²) in [7, 11) is 0. The average molecular weight is 401 g/mol. The maximum absolute atomic E-state index is 12.1. The summed E-state index contributed by atoms with van der Waals surface area (Å²) >= 11 is 13.2. The Morgan fingerprint density at radius 2 is 1.72 bits per heavy atom. The second kappa shape index (κ2) is 9.65. The van der Waals surface area contributed by atoms with E-state index in [-0.39, 0.29) is 11.7 Å². The molecule has 7 nitrogen and oxygen atoms in total. The van der Waals surface area contributed by atoms with Gasteiger partial charge in [-0.1, -0.05) is 41.0 Å². The van der Waals surface area contributed by atoms with E-state index >= 15 is 0 Å². The first-order chi connectivity index (χ1) is 12.0. The number of nitrogens with one attached hydrogen (secondary N) is 3. The summed E-state index contributed by atoms with van der Waals surface area (Å²) in [6.45, 7) is 5.28. The molecule has 2 rings (SSSR count). The molecule has 0 atom stereocenters. The van der Waals surface area contributed by atoms with Crippen molar-refractivity contribution < 1.29 is 4.79 Å². The van der Waals surface area contributed by atoms with Crippen LogP contribution in [0, 0.1) is 0 Å². The molecule has 0 spiro atoms. The van der Waals surface area contributed by atoms with Gasteiger partial charge in [0.15, 0.2) is 5.16 Å². The Kier molecular flexibility index (Phi) is 7.54. The van der Waals surface area contributed by atoms with Gasteiger partial charge >= 0.3 is 0 Å². The van der Waals surface area contributed by atoms with Crippen LogP contribution >= 0.6 is 35.0 Å². The minimum atomic E-state index is -0.232. The third-order valence-corrected chi connectivity index (χ3v) is 4.51. The SMILES string of the molecule is CCNc1nc(NCC)nc(SCC(=O)Nc2cccc(Cl)c2Cl)n1. The maximum atomic E-state index is 12.1. The molecule has 0 aliphatic carbocycles. The number of hydrogen-bond donors (Lipinski definition) is 3. The van der Waals surface area contributed by atoms with Gasteiger partial charge in [0.2, 0.25) is 17.8 Å². The van der Waals surface area contributed by atoms with Crippen molar-refractivity contribution in [2.75, 3.05) is 34.8 Å². The molecule has 0 saturated carbocycles. The molecule has 0 saturated heterocycles. The van der Waals surface area contributed by atoms with Crippen LogP contribution in [0.3, 0.4) is 0 Å². The monoisotopic (exact) mass is 400 g/mol. The van der Waals surface area contributed by atoms with Gasteiger partial charge < -0.3 is 16.0 Å². The zero-order valence-corrected chi connectivity index (χ0v) is 16.1. The number of rotatable bonds is 8. The van der Waals surface area contributed by atoms with Crippen molar-refractivity contribution in [1.29, 1.82) is 0 Å². The lowest BCUT2D eigenvalue weighted by Gasteiger charge is -2.09. The highest BCUT2D eigenvalue weighted by molar-refractivity contribution is 7.99. The minimum Gasteiger partial charge on any atom is -0.354 e. The molecule has 0 radical (unpaired) electrons. The van der Waals surface area contributed by atoms with Crippen LogP contribution in [0.5, 0.6) is 0 Å². The van der Waals surface area contributed by atoms with E-state index in [2.05, 4.69) is 30.9 Å². The molecule has 0 unspecified atom stereocenters. The molecule has 1 aromatic carbocycles. The Labute approximate surface area is 160 Å². The van der Waals surface area contributed by atoms with Gasteiger partial charge in [0.1, 0.15) is 0 Å². The van der Waals surface area contributed by atoms with E-state index in [0.717, 1.165) is 0 Å². The second-order valence-corrected chi connectivity index (χ2v) is 6.49. The molecule has 0 aliphatic heterocycles. The van der Waals surface area contributed by atoms with Crippen molar-refractivity contribution in [3.63, 3.8) is 0 Å². The topological polar surface area (TPSA) is 91.8 Å². The van der Waals surface area contributed by atoms with E-state index < -0.39 is 0 Å². The maximum Gasteiger partial charge on any atom is 0.234 e. The Hall–Kier alpha value is -1.77. The molecule has 1 amide bonds. The lowest BCUT2D eigenvalue weighted by atomic mass is 10.3. The average Bonchev–Trinajstić information content (AvgIpc) is 2.58. The van der Waals surface area contributed by atoms with Gasteiger partial charge in [-0.25, -0.2) is 0 Å². The van der Waals surface area contributed by atoms with Gasteiger partial charge in [-0.05, 0) is 26.0 Å². The van der Waals surface area contributed by atoms with Crippen molar-refractivity contribution in [1.82, 2.24) is 15.0 Å². The number of aromatic nitrogens is 3. The molecular weight excluding hydrogens is 383 g/mol. The summed E-state index contributed by atoms with van der Waals surface area (Å²) in [4.78, 5) is 24.9. The van der Waals surface area contributed by atoms with Crippen LogP contribution in [0.4, 0.5) is 17.6 Å². The van der Waals surface area contributed by atoms with E-state index in [0.29, 0.717) is 45.9 Å². The smallest absolute Gasteiger partial charge is 0.234 e. The lowest BCUT2D eigenvalue weighted by molar-refractivity contribution is -0.113. The summed E-state index contributed by atoms with van der Waals surface area (Å²) in [6.07, 6.45) is 0. The molecule has 2 aromatic rings. The zero-order valence-electron chi connectivity index (χ0n) is 13.8. The van der Waals surface area contributed by atoms with Crippen LogP contribution in [0.1, 0.15) is 13.8 Å². The fourth-order valence-electron chi connectivity index (χ4n) is 1.81. The number of hydrogen-bond acceptors (Lipinski definition) is 7. The van der Waals surface area contributed by atoms with Gasteiger partial charge in [-0.3, -0.25) is 4.79 Å². The third-order valence-electron chi connectivity index (χ3n) is 2.84. The highest BCUT2D eigenvalue weighted by Gasteiger charge is 2.11. The molecule has 0 aliphatic rings. The minimum absolute atomic E-state index is 0.129. The number of carbonyl (C=O) groups excluding carboxylic acids is 1. The van der Waals surface area contributed by atoms with Gasteiger partial charge in [-0.15, -0.1) is 0 Å². The van der Waals surface area contributed by atoms with Crippen LogP contribution in [-0.4, -0.2) is 39.7 Å². The van der Waals surface area contributed by atoms with Crippen LogP contribution < -0.4 is 16.0 Å². The standard InChI is InChI=1S/C15H18Cl2N6OS/c1-3-18-13-21-14(19-4-2)23-15(22-13)25-8-11(24)20-10-7-5-6-9(16)12(10)17/h5-7H,3-4,8H2,1-2H3,(H,20,24)(H2,18,19,21,22,23). The number of anilines is 3. The molecule has 3 N–H and O–H groups in total. The van der Waals surface area contributed by atoms with Crippen molar-refractivity contribution in [2.24, 2.45) is 0 Å². The van der Waals surface area contributed by atoms with Crippen LogP contribution in [0.2, 0.25) is 10.0 Å². The second-order valence-electron chi connectivity index (χ2n) is 4.76. The van der Waals surface area contributed by atoms with Crippen LogP contribution in [0.25, 0.3) is 0 Å². The van der Waals surface area contributed by atoms with E-state index in [9.17, 15) is 4.79 Å². The molecule has 134 valence electrons. The van der Waals surface area contributed by atoms with E-state index in [1.807, 2.05) is 13.8 Å². The van der Waals surface area contributed by atoms with Crippen molar-refractivity contribution in [3.8, 4) is 0 Å². The fraction of sp³-hybridized carbons (Fsp3) is 0.333. The molecule has 0 fully saturated rings. The Morgan fingerprint density at radius 1 is 1.08 bits per heavy atom. The molecule has 1 heterocycles. The highest BCUT2D eigenvalue weighted by atomic mass is 35.5. The summed E-state index contributed by atoms with van der Waals surface area (Å²) in [6, 6.07) is 5.06. The Bertz CT molecular complexity index is 722. The van der Waals surface area contributed by atoms with Crippen LogP contribution in [-0.2, 0) is 4.79 Å². The Balaban J connectivity index is 2.02. The number of nitrogens with zero attached hydrogens (tertiary/aromatic N) is 3. The summed E-state index contributed by atoms with van der Waals surface area (Å²) in [5.41, 5.74) is 0.470. The number of carbonyl (C=O) groups is 1. The first kappa shape index (κ1) is 19.6. The van der Waals surface area contributed by atoms with Crippen molar-refractivity contribution >= 4 is 58.5 Å². The van der Waals surface area contributed by atoms with Gasteiger partial charge in [0, 0.05) is 13.1 Å². The number of thioether (sulfide) groups is 1.